The molecule has 0 amide bonds. The minimum Gasteiger partial charge on any atom is -0.289 e. The number of carbonyl (C=O) groups excluding carboxylic acids is 2. The van der Waals surface area contributed by atoms with Crippen molar-refractivity contribution in [1.29, 1.82) is 21.0 Å². The molecule has 6 nitrogen and oxygen atoms in total. The van der Waals surface area contributed by atoms with E-state index in [-0.39, 0.29) is 22.7 Å². The zero-order valence-corrected chi connectivity index (χ0v) is 65.4. The zero-order valence-electron chi connectivity index (χ0n) is 58.9. The molecule has 0 spiro atoms. The number of thiophene rings is 8. The summed E-state index contributed by atoms with van der Waals surface area (Å²) in [5, 5.41) is 47.9. The Kier molecular flexibility index (Phi) is 19.0. The number of nitriles is 4. The van der Waals surface area contributed by atoms with Crippen LogP contribution >= 0.6 is 90.7 Å². The van der Waals surface area contributed by atoms with Gasteiger partial charge < -0.3 is 0 Å². The number of Topliss-reactive ketones (excluding diaryl/α,β-unsaturated/α-hetero) is 2. The Bertz CT molecular complexity index is 5920. The fourth-order valence-electron chi connectivity index (χ4n) is 16.8. The highest BCUT2D eigenvalue weighted by Gasteiger charge is 2.55. The number of fused-ring (bicyclic) bond motifs is 12. The molecule has 518 valence electrons. The predicted octanol–water partition coefficient (Wildman–Crippen LogP) is 27.1. The molecule has 17 rings (SSSR count). The Labute approximate surface area is 650 Å². The Morgan fingerprint density at radius 2 is 0.745 bits per heavy atom. The summed E-state index contributed by atoms with van der Waals surface area (Å²) in [6.07, 6.45) is 21.2. The number of unbranched alkanes of at least 4 members (excludes halogenated alkanes) is 9. The first-order valence-corrected chi connectivity index (χ1v) is 43.5. The molecule has 0 saturated carbocycles. The van der Waals surface area contributed by atoms with E-state index >= 15 is 0 Å². The number of ketones is 2. The summed E-state index contributed by atoms with van der Waals surface area (Å²) < 4.78 is 4.96. The van der Waals surface area contributed by atoms with Crippen molar-refractivity contribution in [3.63, 3.8) is 0 Å². The molecule has 0 saturated heterocycles. The molecule has 0 N–H and O–H groups in total. The van der Waals surface area contributed by atoms with E-state index < -0.39 is 10.8 Å². The molecule has 5 aromatic carbocycles. The maximum atomic E-state index is 14.1. The first-order valence-electron chi connectivity index (χ1n) is 36.7. The van der Waals surface area contributed by atoms with Gasteiger partial charge in [-0.25, -0.2) is 0 Å². The van der Waals surface area contributed by atoms with E-state index in [2.05, 4.69) is 197 Å². The third-order valence-corrected chi connectivity index (χ3v) is 30.7. The first kappa shape index (κ1) is 69.5. The third-order valence-electron chi connectivity index (χ3n) is 21.9. The molecule has 0 radical (unpaired) electrons. The average molecular weight is 1520 g/mol. The van der Waals surface area contributed by atoms with Crippen LogP contribution in [0.2, 0.25) is 0 Å². The van der Waals surface area contributed by atoms with Crippen LogP contribution in [0.3, 0.4) is 0 Å². The van der Waals surface area contributed by atoms with Gasteiger partial charge in [0.2, 0.25) is 0 Å². The van der Waals surface area contributed by atoms with Gasteiger partial charge in [-0.1, -0.05) is 182 Å². The quantitative estimate of drug-likeness (QED) is 0.0356. The zero-order chi connectivity index (χ0) is 72.4. The number of allylic oxidation sites excluding steroid dienone is 6. The smallest absolute Gasteiger partial charge is 0.195 e. The number of aryl methyl sites for hydroxylation is 3. The summed E-state index contributed by atoms with van der Waals surface area (Å²) in [7, 11) is 0. The molecule has 0 fully saturated rings. The van der Waals surface area contributed by atoms with Gasteiger partial charge in [0.15, 0.2) is 11.6 Å². The third kappa shape index (κ3) is 11.5. The molecule has 4 aliphatic carbocycles. The Morgan fingerprint density at radius 1 is 0.377 bits per heavy atom. The second-order valence-corrected chi connectivity index (χ2v) is 36.0. The molecule has 4 aliphatic rings. The molecule has 8 aromatic heterocycles. The van der Waals surface area contributed by atoms with Gasteiger partial charge in [0.1, 0.15) is 35.4 Å². The van der Waals surface area contributed by atoms with Gasteiger partial charge in [-0.3, -0.25) is 9.59 Å². The van der Waals surface area contributed by atoms with E-state index in [1.54, 1.807) is 22.7 Å². The summed E-state index contributed by atoms with van der Waals surface area (Å²) in [6, 6.07) is 67.3. The van der Waals surface area contributed by atoms with Crippen LogP contribution < -0.4 is 0 Å². The lowest BCUT2D eigenvalue weighted by Crippen LogP contribution is -2.30. The fraction of sp³-hybridized carbons (Fsp3) is 0.217. The molecule has 13 aromatic rings. The Morgan fingerprint density at radius 3 is 1.11 bits per heavy atom. The average Bonchev–Trinajstić information content (AvgIpc) is 1.49. The monoisotopic (exact) mass is 1520 g/mol. The van der Waals surface area contributed by atoms with Crippen LogP contribution in [-0.4, -0.2) is 11.6 Å². The lowest BCUT2D eigenvalue weighted by atomic mass is 9.65. The van der Waals surface area contributed by atoms with E-state index in [9.17, 15) is 30.6 Å². The van der Waals surface area contributed by atoms with Crippen LogP contribution in [-0.2, 0) is 30.1 Å². The van der Waals surface area contributed by atoms with E-state index in [1.807, 2.05) is 79.0 Å². The molecular formula is C92H70N4O2S8. The maximum Gasteiger partial charge on any atom is 0.195 e. The van der Waals surface area contributed by atoms with Gasteiger partial charge in [0, 0.05) is 115 Å². The number of carbonyl (C=O) groups is 2. The van der Waals surface area contributed by atoms with E-state index in [0.717, 1.165) is 67.8 Å². The van der Waals surface area contributed by atoms with E-state index in [0.29, 0.717) is 44.5 Å². The highest BCUT2D eigenvalue weighted by Crippen LogP contribution is 2.69. The number of hydrogen-bond donors (Lipinski definition) is 0. The van der Waals surface area contributed by atoms with Crippen molar-refractivity contribution in [2.75, 3.05) is 0 Å². The molecule has 1 atom stereocenters. The van der Waals surface area contributed by atoms with Crippen molar-refractivity contribution >= 4 is 144 Å². The minimum atomic E-state index is -0.751. The van der Waals surface area contributed by atoms with Crippen molar-refractivity contribution in [2.24, 2.45) is 0 Å². The molecule has 0 aliphatic heterocycles. The standard InChI is InChI=1S/C92H70N4O2S8/c1-4-7-10-14-19-54-24-30-60(31-25-54)91(59-22-17-13-18-23-59)73-42-66-74(43-65(73)87-83(91)89-79(105-87)44-77(103-89)75-38-36-63(101-75)40-67-81(57(46-93)47-94)69-50-99-52-71(69)85(67)97)92(61-32-26-55(27-33-61)20-15-11-8-5-2,62-34-28-56(29-35-62)21-16-12-9-6-3)84-88(66)106-80-45-78(104-90(80)84)76-39-37-64(102-76)41-68-82(58(48-95)49-96)70-51-100-53-72(70)86(68)98/h13,17-18,22-45,50-53H,4-12,14-16,19-21H2,1-3H3/b67-40-,68-41-. The van der Waals surface area contributed by atoms with Gasteiger partial charge in [-0.15, -0.1) is 68.0 Å². The predicted molar refractivity (Wildman–Crippen MR) is 447 cm³/mol. The van der Waals surface area contributed by atoms with Gasteiger partial charge in [-0.2, -0.15) is 43.7 Å². The van der Waals surface area contributed by atoms with Gasteiger partial charge >= 0.3 is 0 Å². The van der Waals surface area contributed by atoms with Crippen molar-refractivity contribution in [2.45, 2.75) is 128 Å². The van der Waals surface area contributed by atoms with Crippen LogP contribution in [0.5, 0.6) is 0 Å². The normalized spacial score (nSPS) is 15.8. The minimum absolute atomic E-state index is 0.0570. The number of benzene rings is 5. The van der Waals surface area contributed by atoms with E-state index in [1.165, 1.54) is 181 Å². The van der Waals surface area contributed by atoms with Crippen LogP contribution in [0.1, 0.15) is 201 Å². The molecule has 0 bridgehead atoms. The van der Waals surface area contributed by atoms with Crippen molar-refractivity contribution < 1.29 is 9.59 Å². The molecule has 106 heavy (non-hydrogen) atoms. The highest BCUT2D eigenvalue weighted by atomic mass is 32.1. The number of nitrogens with zero attached hydrogens (tertiary/aromatic N) is 4. The summed E-state index contributed by atoms with van der Waals surface area (Å²) >= 11 is 13.6. The summed E-state index contributed by atoms with van der Waals surface area (Å²) in [6.45, 7) is 6.83. The Hall–Kier alpha value is -9.52. The largest absolute Gasteiger partial charge is 0.289 e. The van der Waals surface area contributed by atoms with Crippen molar-refractivity contribution in [3.05, 3.63) is 289 Å². The number of hydrogen-bond acceptors (Lipinski definition) is 14. The lowest BCUT2D eigenvalue weighted by Gasteiger charge is -2.35. The van der Waals surface area contributed by atoms with Crippen molar-refractivity contribution in [3.8, 4) is 64.7 Å². The number of rotatable bonds is 23. The van der Waals surface area contributed by atoms with Crippen LogP contribution in [0, 0.1) is 45.3 Å². The summed E-state index contributed by atoms with van der Waals surface area (Å²) in [4.78, 5) is 36.9. The Balaban J connectivity index is 0.877. The van der Waals surface area contributed by atoms with Gasteiger partial charge in [-0.05, 0) is 171 Å². The topological polar surface area (TPSA) is 129 Å². The van der Waals surface area contributed by atoms with Crippen LogP contribution in [0.25, 0.3) is 82.5 Å². The first-order chi connectivity index (χ1) is 52.1. The van der Waals surface area contributed by atoms with Crippen LogP contribution in [0.15, 0.2) is 195 Å². The highest BCUT2D eigenvalue weighted by molar-refractivity contribution is 7.33. The molecular weight excluding hydrogens is 1450 g/mol. The lowest BCUT2D eigenvalue weighted by molar-refractivity contribution is 0.103. The fourth-order valence-corrected chi connectivity index (χ4v) is 26.1. The summed E-state index contributed by atoms with van der Waals surface area (Å²) in [5.74, 6) is -0.328. The van der Waals surface area contributed by atoms with E-state index in [4.69, 9.17) is 0 Å². The van der Waals surface area contributed by atoms with Crippen LogP contribution in [0.4, 0.5) is 0 Å². The van der Waals surface area contributed by atoms with Gasteiger partial charge in [0.05, 0.1) is 20.2 Å². The SMILES string of the molecule is CCCCCCc1ccc(C2(c3ccccc3)c3cc4c(cc3-c3sc5cc(-c6ccc(/C=C7\C(=O)c8cscc8C7=C(C#N)C#N)s6)sc5c32)C(c2ccc(CCCCCC)cc2)(c2ccc(CCCCCC)cc2)c2c-4sc3cc(-c4ccc(/C=C5\C(=O)c6cscc6C5=C(C#N)C#N)s4)sc23)cc1. The molecule has 1 unspecified atom stereocenters. The van der Waals surface area contributed by atoms with Crippen molar-refractivity contribution in [1.82, 2.24) is 0 Å². The molecule has 8 heterocycles. The maximum absolute atomic E-state index is 14.1. The second kappa shape index (κ2) is 29.0. The summed E-state index contributed by atoms with van der Waals surface area (Å²) in [5.41, 5.74) is 19.1. The van der Waals surface area contributed by atoms with Gasteiger partial charge in [0.25, 0.3) is 0 Å². The second-order valence-electron chi connectivity index (χ2n) is 28.1. The molecule has 14 heteroatoms.